The Balaban J connectivity index is 1.32. The average Bonchev–Trinajstić information content (AvgIpc) is 3.18. The molecular weight excluding hydrogens is 428 g/mol. The molecule has 1 N–H and O–H groups in total. The molecular formula is C24H27ClN4O3. The molecule has 2 fully saturated rings. The molecule has 32 heavy (non-hydrogen) atoms. The number of rotatable bonds is 4. The summed E-state index contributed by atoms with van der Waals surface area (Å²) in [6.45, 7) is 5.54. The molecule has 3 heterocycles. The highest BCUT2D eigenvalue weighted by molar-refractivity contribution is 6.30. The molecule has 2 aliphatic heterocycles. The van der Waals surface area contributed by atoms with E-state index in [-0.39, 0.29) is 23.6 Å². The number of piperidine rings is 1. The summed E-state index contributed by atoms with van der Waals surface area (Å²) in [7, 11) is 0. The lowest BCUT2D eigenvalue weighted by Crippen LogP contribution is -2.45. The fraction of sp³-hybridized carbons (Fsp3) is 0.417. The normalized spacial score (nSPS) is 19.3. The maximum absolute atomic E-state index is 13.1. The first kappa shape index (κ1) is 22.3. The molecule has 0 radical (unpaired) electrons. The molecule has 1 atom stereocenters. The summed E-state index contributed by atoms with van der Waals surface area (Å²) in [5.41, 5.74) is 3.14. The van der Waals surface area contributed by atoms with Gasteiger partial charge >= 0.3 is 0 Å². The van der Waals surface area contributed by atoms with Gasteiger partial charge in [-0.3, -0.25) is 14.4 Å². The Kier molecular flexibility index (Phi) is 6.46. The number of halogens is 1. The Morgan fingerprint density at radius 3 is 2.44 bits per heavy atom. The van der Waals surface area contributed by atoms with Crippen molar-refractivity contribution in [1.29, 1.82) is 0 Å². The lowest BCUT2D eigenvalue weighted by molar-refractivity contribution is -0.142. The number of nitrogens with zero attached hydrogens (tertiary/aromatic N) is 3. The van der Waals surface area contributed by atoms with Crippen molar-refractivity contribution in [3.63, 3.8) is 0 Å². The van der Waals surface area contributed by atoms with E-state index < -0.39 is 5.92 Å². The molecule has 2 aromatic rings. The molecule has 4 rings (SSSR count). The van der Waals surface area contributed by atoms with Crippen LogP contribution in [0.15, 0.2) is 36.5 Å². The van der Waals surface area contributed by atoms with Gasteiger partial charge in [0, 0.05) is 37.4 Å². The van der Waals surface area contributed by atoms with E-state index in [1.165, 1.54) is 11.8 Å². The minimum absolute atomic E-state index is 0.107. The van der Waals surface area contributed by atoms with Crippen LogP contribution in [0.4, 0.5) is 11.5 Å². The summed E-state index contributed by atoms with van der Waals surface area (Å²) in [5, 5.41) is 3.31. The second-order valence-electron chi connectivity index (χ2n) is 8.55. The van der Waals surface area contributed by atoms with Gasteiger partial charge in [-0.25, -0.2) is 4.98 Å². The van der Waals surface area contributed by atoms with Crippen LogP contribution in [0.1, 0.15) is 30.4 Å². The molecule has 0 spiro atoms. The molecule has 2 aliphatic rings. The zero-order valence-corrected chi connectivity index (χ0v) is 19.1. The van der Waals surface area contributed by atoms with Crippen molar-refractivity contribution in [1.82, 2.24) is 9.88 Å². The van der Waals surface area contributed by atoms with Crippen molar-refractivity contribution in [3.8, 4) is 0 Å². The molecule has 0 aliphatic carbocycles. The van der Waals surface area contributed by atoms with Crippen LogP contribution in [0.25, 0.3) is 0 Å². The van der Waals surface area contributed by atoms with Gasteiger partial charge in [0.2, 0.25) is 17.7 Å². The first-order chi connectivity index (χ1) is 15.3. The average molecular weight is 455 g/mol. The van der Waals surface area contributed by atoms with E-state index in [0.717, 1.165) is 11.3 Å². The molecule has 7 nitrogen and oxygen atoms in total. The van der Waals surface area contributed by atoms with E-state index in [4.69, 9.17) is 11.6 Å². The molecule has 0 saturated carbocycles. The van der Waals surface area contributed by atoms with E-state index >= 15 is 0 Å². The molecule has 2 saturated heterocycles. The number of hydrogen-bond acceptors (Lipinski definition) is 4. The second kappa shape index (κ2) is 9.28. The standard InChI is InChI=1S/C24H27ClN4O3/c1-15-3-5-19(13-16(15)2)29-12-9-20(24(29)32)23(31)28-10-7-17(8-11-28)22(30)27-21-6-4-18(25)14-26-21/h3-6,13-14,17,20H,7-12H2,1-2H3,(H,26,27,30). The number of pyridine rings is 1. The summed E-state index contributed by atoms with van der Waals surface area (Å²) in [6, 6.07) is 9.27. The van der Waals surface area contributed by atoms with Gasteiger partial charge in [0.15, 0.2) is 0 Å². The van der Waals surface area contributed by atoms with Crippen LogP contribution in [0, 0.1) is 25.7 Å². The van der Waals surface area contributed by atoms with E-state index in [2.05, 4.69) is 10.3 Å². The molecule has 8 heteroatoms. The number of aryl methyl sites for hydroxylation is 2. The number of anilines is 2. The monoisotopic (exact) mass is 454 g/mol. The van der Waals surface area contributed by atoms with Crippen molar-refractivity contribution in [2.24, 2.45) is 11.8 Å². The number of nitrogens with one attached hydrogen (secondary N) is 1. The van der Waals surface area contributed by atoms with Gasteiger partial charge in [-0.1, -0.05) is 17.7 Å². The Morgan fingerprint density at radius 2 is 1.78 bits per heavy atom. The number of carbonyl (C=O) groups excluding carboxylic acids is 3. The van der Waals surface area contributed by atoms with Crippen molar-refractivity contribution < 1.29 is 14.4 Å². The summed E-state index contributed by atoms with van der Waals surface area (Å²) in [5.74, 6) is -0.736. The first-order valence-corrected chi connectivity index (χ1v) is 11.3. The third kappa shape index (κ3) is 4.63. The molecule has 3 amide bonds. The smallest absolute Gasteiger partial charge is 0.239 e. The van der Waals surface area contributed by atoms with Crippen molar-refractivity contribution >= 4 is 40.8 Å². The van der Waals surface area contributed by atoms with Crippen LogP contribution in [0.2, 0.25) is 5.02 Å². The maximum atomic E-state index is 13.1. The minimum atomic E-state index is -0.639. The van der Waals surface area contributed by atoms with Crippen LogP contribution in [-0.4, -0.2) is 47.2 Å². The molecule has 1 unspecified atom stereocenters. The predicted molar refractivity (Wildman–Crippen MR) is 124 cm³/mol. The SMILES string of the molecule is Cc1ccc(N2CCC(C(=O)N3CCC(C(=O)Nc4ccc(Cl)cn4)CC3)C2=O)cc1C. The fourth-order valence-corrected chi connectivity index (χ4v) is 4.43. The molecule has 0 bridgehead atoms. The van der Waals surface area contributed by atoms with Gasteiger partial charge in [-0.2, -0.15) is 0 Å². The largest absolute Gasteiger partial charge is 0.342 e. The highest BCUT2D eigenvalue weighted by atomic mass is 35.5. The number of amides is 3. The Labute approximate surface area is 192 Å². The predicted octanol–water partition coefficient (Wildman–Crippen LogP) is 3.58. The molecule has 168 valence electrons. The van der Waals surface area contributed by atoms with Crippen molar-refractivity contribution in [2.75, 3.05) is 29.9 Å². The van der Waals surface area contributed by atoms with Crippen LogP contribution in [0.5, 0.6) is 0 Å². The third-order valence-electron chi connectivity index (χ3n) is 6.46. The number of hydrogen-bond donors (Lipinski definition) is 1. The van der Waals surface area contributed by atoms with Crippen molar-refractivity contribution in [2.45, 2.75) is 33.1 Å². The summed E-state index contributed by atoms with van der Waals surface area (Å²) in [6.07, 6.45) is 3.13. The number of likely N-dealkylation sites (tertiary alicyclic amines) is 1. The van der Waals surface area contributed by atoms with Crippen LogP contribution in [0.3, 0.4) is 0 Å². The van der Waals surface area contributed by atoms with Crippen molar-refractivity contribution in [3.05, 3.63) is 52.7 Å². The van der Waals surface area contributed by atoms with E-state index in [1.54, 1.807) is 21.9 Å². The van der Waals surface area contributed by atoms with E-state index in [0.29, 0.717) is 49.7 Å². The quantitative estimate of drug-likeness (QED) is 0.716. The Bertz CT molecular complexity index is 1030. The van der Waals surface area contributed by atoms with Gasteiger partial charge in [-0.05, 0) is 68.5 Å². The zero-order chi connectivity index (χ0) is 22.8. The van der Waals surface area contributed by atoms with Crippen LogP contribution < -0.4 is 10.2 Å². The lowest BCUT2D eigenvalue weighted by Gasteiger charge is -2.32. The summed E-state index contributed by atoms with van der Waals surface area (Å²) >= 11 is 5.82. The van der Waals surface area contributed by atoms with Gasteiger partial charge in [0.05, 0.1) is 5.02 Å². The number of benzene rings is 1. The van der Waals surface area contributed by atoms with E-state index in [1.807, 2.05) is 32.0 Å². The summed E-state index contributed by atoms with van der Waals surface area (Å²) in [4.78, 5) is 46.1. The highest BCUT2D eigenvalue weighted by Crippen LogP contribution is 2.29. The fourth-order valence-electron chi connectivity index (χ4n) is 4.32. The third-order valence-corrected chi connectivity index (χ3v) is 6.69. The Hall–Kier alpha value is -2.93. The van der Waals surface area contributed by atoms with Crippen LogP contribution >= 0.6 is 11.6 Å². The van der Waals surface area contributed by atoms with Gasteiger partial charge < -0.3 is 15.1 Å². The molecule has 1 aromatic heterocycles. The minimum Gasteiger partial charge on any atom is -0.342 e. The van der Waals surface area contributed by atoms with Crippen LogP contribution in [-0.2, 0) is 14.4 Å². The van der Waals surface area contributed by atoms with Gasteiger partial charge in [0.25, 0.3) is 0 Å². The molecule has 1 aromatic carbocycles. The lowest BCUT2D eigenvalue weighted by atomic mass is 9.94. The number of carbonyl (C=O) groups is 3. The Morgan fingerprint density at radius 1 is 1.03 bits per heavy atom. The van der Waals surface area contributed by atoms with Gasteiger partial charge in [-0.15, -0.1) is 0 Å². The second-order valence-corrected chi connectivity index (χ2v) is 8.99. The number of aromatic nitrogens is 1. The first-order valence-electron chi connectivity index (χ1n) is 10.9. The summed E-state index contributed by atoms with van der Waals surface area (Å²) < 4.78 is 0. The zero-order valence-electron chi connectivity index (χ0n) is 18.3. The maximum Gasteiger partial charge on any atom is 0.239 e. The van der Waals surface area contributed by atoms with Gasteiger partial charge in [0.1, 0.15) is 11.7 Å². The highest BCUT2D eigenvalue weighted by Gasteiger charge is 2.41. The topological polar surface area (TPSA) is 82.6 Å². The van der Waals surface area contributed by atoms with E-state index in [9.17, 15) is 14.4 Å².